The Balaban J connectivity index is 1.72. The zero-order chi connectivity index (χ0) is 19.1. The molecule has 138 valence electrons. The minimum absolute atomic E-state index is 0.0109. The van der Waals surface area contributed by atoms with Crippen molar-refractivity contribution in [2.45, 2.75) is 32.0 Å². The second kappa shape index (κ2) is 9.15. The lowest BCUT2D eigenvalue weighted by atomic mass is 9.98. The van der Waals surface area contributed by atoms with Gasteiger partial charge in [-0.1, -0.05) is 91.0 Å². The maximum atomic E-state index is 12.8. The van der Waals surface area contributed by atoms with Crippen molar-refractivity contribution >= 4 is 5.91 Å². The van der Waals surface area contributed by atoms with Crippen LogP contribution in [0.4, 0.5) is 0 Å². The van der Waals surface area contributed by atoms with Gasteiger partial charge in [0, 0.05) is 0 Å². The minimum Gasteiger partial charge on any atom is -0.348 e. The highest BCUT2D eigenvalue weighted by atomic mass is 16.2. The van der Waals surface area contributed by atoms with Gasteiger partial charge >= 0.3 is 0 Å². The van der Waals surface area contributed by atoms with Crippen molar-refractivity contribution in [1.29, 1.82) is 0 Å². The molecule has 2 N–H and O–H groups in total. The van der Waals surface area contributed by atoms with Gasteiger partial charge in [0.05, 0.1) is 18.1 Å². The van der Waals surface area contributed by atoms with Gasteiger partial charge in [0.25, 0.3) is 0 Å². The van der Waals surface area contributed by atoms with Gasteiger partial charge in [-0.3, -0.25) is 10.1 Å². The topological polar surface area (TPSA) is 41.1 Å². The molecule has 0 spiro atoms. The van der Waals surface area contributed by atoms with Crippen LogP contribution in [0.3, 0.4) is 0 Å². The summed E-state index contributed by atoms with van der Waals surface area (Å²) in [6.07, 6.45) is 0. The summed E-state index contributed by atoms with van der Waals surface area (Å²) in [5, 5.41) is 6.60. The Hall–Kier alpha value is -2.91. The standard InChI is InChI=1S/C24H26N2O/c1-18(20-12-6-3-7-13-20)26-24(27)19(2)25-23(21-14-8-4-9-15-21)22-16-10-5-11-17-22/h3-19,23,25H,1-2H3,(H,26,27). The molecule has 0 aliphatic heterocycles. The zero-order valence-corrected chi connectivity index (χ0v) is 15.8. The molecule has 0 bridgehead atoms. The minimum atomic E-state index is -0.332. The summed E-state index contributed by atoms with van der Waals surface area (Å²) in [6.45, 7) is 3.91. The second-order valence-electron chi connectivity index (χ2n) is 6.78. The number of nitrogens with one attached hydrogen (secondary N) is 2. The summed E-state index contributed by atoms with van der Waals surface area (Å²) in [4.78, 5) is 12.8. The maximum absolute atomic E-state index is 12.8. The number of amides is 1. The highest BCUT2D eigenvalue weighted by Gasteiger charge is 2.21. The largest absolute Gasteiger partial charge is 0.348 e. The monoisotopic (exact) mass is 358 g/mol. The molecule has 0 saturated heterocycles. The predicted molar refractivity (Wildman–Crippen MR) is 110 cm³/mol. The van der Waals surface area contributed by atoms with Crippen LogP contribution in [-0.4, -0.2) is 11.9 Å². The summed E-state index contributed by atoms with van der Waals surface area (Å²) in [7, 11) is 0. The highest BCUT2D eigenvalue weighted by molar-refractivity contribution is 5.81. The van der Waals surface area contributed by atoms with Gasteiger partial charge in [0.1, 0.15) is 0 Å². The summed E-state index contributed by atoms with van der Waals surface area (Å²) in [5.41, 5.74) is 3.37. The SMILES string of the molecule is CC(NC(c1ccccc1)c1ccccc1)C(=O)NC(C)c1ccccc1. The van der Waals surface area contributed by atoms with Crippen LogP contribution in [0.25, 0.3) is 0 Å². The zero-order valence-electron chi connectivity index (χ0n) is 15.8. The summed E-state index contributed by atoms with van der Waals surface area (Å²) in [6, 6.07) is 30.0. The Morgan fingerprint density at radius 1 is 0.667 bits per heavy atom. The van der Waals surface area contributed by atoms with Crippen LogP contribution < -0.4 is 10.6 Å². The van der Waals surface area contributed by atoms with E-state index in [0.717, 1.165) is 16.7 Å². The van der Waals surface area contributed by atoms with Crippen molar-refractivity contribution in [1.82, 2.24) is 10.6 Å². The Morgan fingerprint density at radius 3 is 1.52 bits per heavy atom. The van der Waals surface area contributed by atoms with Crippen LogP contribution in [0.15, 0.2) is 91.0 Å². The van der Waals surface area contributed by atoms with Crippen LogP contribution >= 0.6 is 0 Å². The van der Waals surface area contributed by atoms with Crippen molar-refractivity contribution < 1.29 is 4.79 Å². The lowest BCUT2D eigenvalue weighted by molar-refractivity contribution is -0.123. The molecule has 0 saturated carbocycles. The first-order valence-corrected chi connectivity index (χ1v) is 9.36. The van der Waals surface area contributed by atoms with E-state index in [0.29, 0.717) is 0 Å². The molecular formula is C24H26N2O. The number of benzene rings is 3. The van der Waals surface area contributed by atoms with Gasteiger partial charge in [0.15, 0.2) is 0 Å². The van der Waals surface area contributed by atoms with Crippen molar-refractivity contribution in [2.75, 3.05) is 0 Å². The molecule has 2 unspecified atom stereocenters. The third-order valence-corrected chi connectivity index (χ3v) is 4.73. The van der Waals surface area contributed by atoms with Crippen molar-refractivity contribution in [3.05, 3.63) is 108 Å². The normalized spacial score (nSPS) is 13.1. The lowest BCUT2D eigenvalue weighted by Gasteiger charge is -2.25. The molecule has 0 aliphatic rings. The predicted octanol–water partition coefficient (Wildman–Crippen LogP) is 4.63. The highest BCUT2D eigenvalue weighted by Crippen LogP contribution is 2.22. The first-order valence-electron chi connectivity index (χ1n) is 9.36. The average molecular weight is 358 g/mol. The molecule has 3 nitrogen and oxygen atoms in total. The van der Waals surface area contributed by atoms with Crippen LogP contribution in [0.5, 0.6) is 0 Å². The lowest BCUT2D eigenvalue weighted by Crippen LogP contribution is -2.44. The Morgan fingerprint density at radius 2 is 1.07 bits per heavy atom. The van der Waals surface area contributed by atoms with Gasteiger partial charge in [-0.25, -0.2) is 0 Å². The Bertz CT molecular complexity index is 795. The molecule has 3 rings (SSSR count). The van der Waals surface area contributed by atoms with E-state index in [1.54, 1.807) is 0 Å². The number of hydrogen-bond donors (Lipinski definition) is 2. The second-order valence-corrected chi connectivity index (χ2v) is 6.78. The van der Waals surface area contributed by atoms with E-state index in [2.05, 4.69) is 34.9 Å². The van der Waals surface area contributed by atoms with Gasteiger partial charge in [-0.15, -0.1) is 0 Å². The fourth-order valence-corrected chi connectivity index (χ4v) is 3.17. The molecule has 0 aromatic heterocycles. The van der Waals surface area contributed by atoms with Crippen LogP contribution in [0, 0.1) is 0 Å². The smallest absolute Gasteiger partial charge is 0.237 e. The van der Waals surface area contributed by atoms with Crippen molar-refractivity contribution in [3.8, 4) is 0 Å². The van der Waals surface area contributed by atoms with E-state index in [1.165, 1.54) is 0 Å². The Labute approximate surface area is 161 Å². The molecule has 1 amide bonds. The fraction of sp³-hybridized carbons (Fsp3) is 0.208. The molecule has 0 radical (unpaired) electrons. The van der Waals surface area contributed by atoms with E-state index >= 15 is 0 Å². The van der Waals surface area contributed by atoms with Gasteiger partial charge < -0.3 is 5.32 Å². The maximum Gasteiger partial charge on any atom is 0.237 e. The van der Waals surface area contributed by atoms with E-state index < -0.39 is 0 Å². The van der Waals surface area contributed by atoms with Gasteiger partial charge in [0.2, 0.25) is 5.91 Å². The molecule has 0 fully saturated rings. The first-order chi connectivity index (χ1) is 13.1. The number of hydrogen-bond acceptors (Lipinski definition) is 2. The van der Waals surface area contributed by atoms with Gasteiger partial charge in [-0.2, -0.15) is 0 Å². The average Bonchev–Trinajstić information content (AvgIpc) is 2.73. The Kier molecular flexibility index (Phi) is 6.39. The van der Waals surface area contributed by atoms with E-state index in [9.17, 15) is 4.79 Å². The van der Waals surface area contributed by atoms with E-state index in [4.69, 9.17) is 0 Å². The van der Waals surface area contributed by atoms with Gasteiger partial charge in [-0.05, 0) is 30.5 Å². The fourth-order valence-electron chi connectivity index (χ4n) is 3.17. The summed E-state index contributed by atoms with van der Waals surface area (Å²) < 4.78 is 0. The molecule has 0 aliphatic carbocycles. The molecule has 3 aromatic carbocycles. The molecule has 27 heavy (non-hydrogen) atoms. The van der Waals surface area contributed by atoms with Crippen LogP contribution in [0.1, 0.15) is 42.6 Å². The molecule has 0 heterocycles. The number of carbonyl (C=O) groups excluding carboxylic acids is 1. The molecule has 3 heteroatoms. The third kappa shape index (κ3) is 5.05. The molecule has 3 aromatic rings. The number of carbonyl (C=O) groups is 1. The van der Waals surface area contributed by atoms with Crippen LogP contribution in [-0.2, 0) is 4.79 Å². The third-order valence-electron chi connectivity index (χ3n) is 4.73. The van der Waals surface area contributed by atoms with E-state index in [-0.39, 0.29) is 24.0 Å². The van der Waals surface area contributed by atoms with Crippen molar-refractivity contribution in [2.24, 2.45) is 0 Å². The summed E-state index contributed by atoms with van der Waals surface area (Å²) >= 11 is 0. The first kappa shape index (κ1) is 18.9. The van der Waals surface area contributed by atoms with Crippen LogP contribution in [0.2, 0.25) is 0 Å². The van der Waals surface area contributed by atoms with E-state index in [1.807, 2.05) is 80.6 Å². The summed E-state index contributed by atoms with van der Waals surface area (Å²) in [5.74, 6) is -0.0109. The number of rotatable bonds is 7. The molecule has 2 atom stereocenters. The van der Waals surface area contributed by atoms with Crippen molar-refractivity contribution in [3.63, 3.8) is 0 Å². The molecular weight excluding hydrogens is 332 g/mol. The quantitative estimate of drug-likeness (QED) is 0.646.